The third kappa shape index (κ3) is 3.49. The van der Waals surface area contributed by atoms with Crippen molar-refractivity contribution in [1.82, 2.24) is 19.9 Å². The molecule has 1 aliphatic rings. The molecular weight excluding hydrogens is 386 g/mol. The monoisotopic (exact) mass is 402 g/mol. The number of amides is 1. The number of benzene rings is 2. The first kappa shape index (κ1) is 18.6. The molecular formula is C20H17ClF2N4O. The van der Waals surface area contributed by atoms with Crippen LogP contribution in [0.5, 0.6) is 0 Å². The molecule has 0 atom stereocenters. The van der Waals surface area contributed by atoms with Gasteiger partial charge in [0.05, 0.1) is 17.9 Å². The highest BCUT2D eigenvalue weighted by atomic mass is 35.5. The van der Waals surface area contributed by atoms with Crippen molar-refractivity contribution < 1.29 is 13.6 Å². The van der Waals surface area contributed by atoms with Gasteiger partial charge in [-0.25, -0.2) is 13.5 Å². The molecule has 0 saturated heterocycles. The van der Waals surface area contributed by atoms with E-state index in [4.69, 9.17) is 11.6 Å². The molecule has 5 nitrogen and oxygen atoms in total. The summed E-state index contributed by atoms with van der Waals surface area (Å²) < 4.78 is 28.9. The van der Waals surface area contributed by atoms with Gasteiger partial charge in [-0.2, -0.15) is 0 Å². The second-order valence-electron chi connectivity index (χ2n) is 6.78. The van der Waals surface area contributed by atoms with Crippen LogP contribution in [-0.2, 0) is 6.54 Å². The smallest absolute Gasteiger partial charge is 0.276 e. The minimum atomic E-state index is -0.447. The summed E-state index contributed by atoms with van der Waals surface area (Å²) >= 11 is 6.14. The molecule has 28 heavy (non-hydrogen) atoms. The molecule has 2 aromatic carbocycles. The number of carbonyl (C=O) groups excluding carboxylic acids is 1. The molecule has 1 aliphatic carbocycles. The fourth-order valence-corrected chi connectivity index (χ4v) is 3.32. The first-order valence-corrected chi connectivity index (χ1v) is 9.25. The van der Waals surface area contributed by atoms with Crippen molar-refractivity contribution in [3.8, 4) is 5.69 Å². The predicted molar refractivity (Wildman–Crippen MR) is 100 cm³/mol. The van der Waals surface area contributed by atoms with Gasteiger partial charge in [0, 0.05) is 16.6 Å². The Hall–Kier alpha value is -2.80. The first-order chi connectivity index (χ1) is 13.5. The molecule has 3 aromatic rings. The predicted octanol–water partition coefficient (Wildman–Crippen LogP) is 4.31. The van der Waals surface area contributed by atoms with Crippen molar-refractivity contribution in [2.45, 2.75) is 32.4 Å². The Morgan fingerprint density at radius 1 is 1.21 bits per heavy atom. The number of carbonyl (C=O) groups is 1. The Kier molecular flexibility index (Phi) is 4.85. The lowest BCUT2D eigenvalue weighted by Gasteiger charge is -2.22. The van der Waals surface area contributed by atoms with Crippen LogP contribution in [0.1, 0.15) is 34.6 Å². The number of aromatic nitrogens is 3. The molecule has 0 aliphatic heterocycles. The SMILES string of the molecule is Cc1c(C(=O)N(Cc2c(F)cccc2Cl)C2CC2)nnn1-c1ccc(F)cc1. The summed E-state index contributed by atoms with van der Waals surface area (Å²) in [5.41, 5.74) is 1.60. The molecule has 0 spiro atoms. The summed E-state index contributed by atoms with van der Waals surface area (Å²) in [6.07, 6.45) is 1.70. The zero-order valence-electron chi connectivity index (χ0n) is 15.1. The zero-order valence-corrected chi connectivity index (χ0v) is 15.8. The van der Waals surface area contributed by atoms with Gasteiger partial charge >= 0.3 is 0 Å². The highest BCUT2D eigenvalue weighted by molar-refractivity contribution is 6.31. The van der Waals surface area contributed by atoms with E-state index < -0.39 is 5.82 Å². The average molecular weight is 403 g/mol. The molecule has 1 aromatic heterocycles. The Morgan fingerprint density at radius 3 is 2.57 bits per heavy atom. The summed E-state index contributed by atoms with van der Waals surface area (Å²) in [6.45, 7) is 1.79. The van der Waals surface area contributed by atoms with Crippen LogP contribution in [0.2, 0.25) is 5.02 Å². The lowest BCUT2D eigenvalue weighted by Crippen LogP contribution is -2.33. The molecule has 0 radical (unpaired) electrons. The second kappa shape index (κ2) is 7.31. The van der Waals surface area contributed by atoms with E-state index in [1.165, 1.54) is 28.9 Å². The molecule has 0 N–H and O–H groups in total. The van der Waals surface area contributed by atoms with Crippen LogP contribution >= 0.6 is 11.6 Å². The van der Waals surface area contributed by atoms with Crippen LogP contribution in [0.25, 0.3) is 5.69 Å². The van der Waals surface area contributed by atoms with Gasteiger partial charge in [-0.3, -0.25) is 4.79 Å². The normalized spacial score (nSPS) is 13.6. The Bertz CT molecular complexity index is 1010. The van der Waals surface area contributed by atoms with Crippen LogP contribution in [0, 0.1) is 18.6 Å². The van der Waals surface area contributed by atoms with Gasteiger partial charge in [-0.15, -0.1) is 5.10 Å². The van der Waals surface area contributed by atoms with Gasteiger partial charge in [-0.05, 0) is 56.2 Å². The van der Waals surface area contributed by atoms with Gasteiger partial charge in [0.15, 0.2) is 5.69 Å². The number of hydrogen-bond acceptors (Lipinski definition) is 3. The molecule has 0 bridgehead atoms. The molecule has 144 valence electrons. The van der Waals surface area contributed by atoms with E-state index in [1.807, 2.05) is 0 Å². The van der Waals surface area contributed by atoms with Crippen molar-refractivity contribution in [3.63, 3.8) is 0 Å². The lowest BCUT2D eigenvalue weighted by atomic mass is 10.1. The summed E-state index contributed by atoms with van der Waals surface area (Å²) in [4.78, 5) is 14.8. The second-order valence-corrected chi connectivity index (χ2v) is 7.18. The topological polar surface area (TPSA) is 51.0 Å². The van der Waals surface area contributed by atoms with Crippen LogP contribution in [0.3, 0.4) is 0 Å². The average Bonchev–Trinajstić information content (AvgIpc) is 3.44. The van der Waals surface area contributed by atoms with Crippen LogP contribution in [0.15, 0.2) is 42.5 Å². The summed E-state index contributed by atoms with van der Waals surface area (Å²) in [5, 5.41) is 8.35. The molecule has 1 amide bonds. The maximum Gasteiger partial charge on any atom is 0.276 e. The van der Waals surface area contributed by atoms with Gasteiger partial charge in [0.25, 0.3) is 5.91 Å². The van der Waals surface area contributed by atoms with E-state index in [2.05, 4.69) is 10.3 Å². The van der Waals surface area contributed by atoms with Crippen molar-refractivity contribution in [2.75, 3.05) is 0 Å². The van der Waals surface area contributed by atoms with Crippen LogP contribution in [-0.4, -0.2) is 31.8 Å². The number of halogens is 3. The van der Waals surface area contributed by atoms with E-state index in [9.17, 15) is 13.6 Å². The van der Waals surface area contributed by atoms with Crippen LogP contribution in [0.4, 0.5) is 8.78 Å². The fraction of sp³-hybridized carbons (Fsp3) is 0.250. The minimum Gasteiger partial charge on any atom is -0.330 e. The number of rotatable bonds is 5. The largest absolute Gasteiger partial charge is 0.330 e. The zero-order chi connectivity index (χ0) is 19.8. The van der Waals surface area contributed by atoms with Crippen molar-refractivity contribution in [1.29, 1.82) is 0 Å². The van der Waals surface area contributed by atoms with Gasteiger partial charge in [0.1, 0.15) is 11.6 Å². The molecule has 1 fully saturated rings. The molecule has 8 heteroatoms. The molecule has 0 unspecified atom stereocenters. The number of hydrogen-bond donors (Lipinski definition) is 0. The Morgan fingerprint density at radius 2 is 1.93 bits per heavy atom. The van der Waals surface area contributed by atoms with E-state index >= 15 is 0 Å². The molecule has 4 rings (SSSR count). The summed E-state index contributed by atoms with van der Waals surface area (Å²) in [5.74, 6) is -1.13. The molecule has 1 heterocycles. The Balaban J connectivity index is 1.64. The fourth-order valence-electron chi connectivity index (χ4n) is 3.10. The van der Waals surface area contributed by atoms with Gasteiger partial charge in [-0.1, -0.05) is 22.9 Å². The van der Waals surface area contributed by atoms with Crippen molar-refractivity contribution >= 4 is 17.5 Å². The van der Waals surface area contributed by atoms with E-state index in [1.54, 1.807) is 30.0 Å². The third-order valence-corrected chi connectivity index (χ3v) is 5.16. The van der Waals surface area contributed by atoms with Crippen molar-refractivity contribution in [3.05, 3.63) is 76.1 Å². The highest BCUT2D eigenvalue weighted by Crippen LogP contribution is 2.32. The molecule has 1 saturated carbocycles. The summed E-state index contributed by atoms with van der Waals surface area (Å²) in [6, 6.07) is 10.2. The van der Waals surface area contributed by atoms with Gasteiger partial charge < -0.3 is 4.90 Å². The Labute approximate surface area is 165 Å². The summed E-state index contributed by atoms with van der Waals surface area (Å²) in [7, 11) is 0. The quantitative estimate of drug-likeness (QED) is 0.639. The standard InChI is InChI=1S/C20H17ClF2N4O/c1-12-19(24-25-27(12)15-7-5-13(22)6-8-15)20(28)26(14-9-10-14)11-16-17(21)3-2-4-18(16)23/h2-8,14H,9-11H2,1H3. The maximum absolute atomic E-state index is 14.2. The number of nitrogens with zero attached hydrogens (tertiary/aromatic N) is 4. The lowest BCUT2D eigenvalue weighted by molar-refractivity contribution is 0.0721. The third-order valence-electron chi connectivity index (χ3n) is 4.81. The maximum atomic E-state index is 14.2. The van der Waals surface area contributed by atoms with Crippen molar-refractivity contribution in [2.24, 2.45) is 0 Å². The van der Waals surface area contributed by atoms with E-state index in [-0.39, 0.29) is 40.6 Å². The minimum absolute atomic E-state index is 0.0264. The first-order valence-electron chi connectivity index (χ1n) is 8.88. The van der Waals surface area contributed by atoms with E-state index in [0.29, 0.717) is 11.4 Å². The highest BCUT2D eigenvalue weighted by Gasteiger charge is 2.36. The van der Waals surface area contributed by atoms with E-state index in [0.717, 1.165) is 12.8 Å². The van der Waals surface area contributed by atoms with Crippen LogP contribution < -0.4 is 0 Å². The van der Waals surface area contributed by atoms with Gasteiger partial charge in [0.2, 0.25) is 0 Å².